The molecule has 2 aromatic carbocycles. The average Bonchev–Trinajstić information content (AvgIpc) is 3.00. The Bertz CT molecular complexity index is 848. The number of nitrogens with one attached hydrogen (secondary N) is 1. The fourth-order valence-corrected chi connectivity index (χ4v) is 3.26. The second-order valence-electron chi connectivity index (χ2n) is 6.74. The van der Waals surface area contributed by atoms with Crippen LogP contribution in [-0.4, -0.2) is 22.8 Å². The van der Waals surface area contributed by atoms with Gasteiger partial charge in [0.15, 0.2) is 5.82 Å². The third-order valence-electron chi connectivity index (χ3n) is 4.84. The van der Waals surface area contributed by atoms with E-state index in [0.717, 1.165) is 24.4 Å². The van der Waals surface area contributed by atoms with Crippen molar-refractivity contribution < 1.29 is 9.26 Å². The molecule has 134 valence electrons. The standard InChI is InChI=1S/C21H23N3O2/c1-15-6-2-3-8-17(15)12-20-23-21(26-24-20)13-22-18-11-10-16-7-4-5-9-19(16)25-14-18/h2-9,18,22H,10-14H2,1H3. The summed E-state index contributed by atoms with van der Waals surface area (Å²) in [4.78, 5) is 4.51. The Hall–Kier alpha value is -2.66. The number of rotatable bonds is 5. The number of nitrogens with zero attached hydrogens (tertiary/aromatic N) is 2. The molecule has 1 N–H and O–H groups in total. The number of aromatic nitrogens is 2. The first-order valence-corrected chi connectivity index (χ1v) is 9.08. The maximum Gasteiger partial charge on any atom is 0.240 e. The molecule has 0 saturated carbocycles. The summed E-state index contributed by atoms with van der Waals surface area (Å²) < 4.78 is 11.3. The first-order chi connectivity index (χ1) is 12.8. The molecule has 4 rings (SSSR count). The summed E-state index contributed by atoms with van der Waals surface area (Å²) in [7, 11) is 0. The van der Waals surface area contributed by atoms with Crippen molar-refractivity contribution >= 4 is 0 Å². The lowest BCUT2D eigenvalue weighted by molar-refractivity contribution is 0.259. The number of ether oxygens (including phenoxy) is 1. The van der Waals surface area contributed by atoms with E-state index in [-0.39, 0.29) is 6.04 Å². The van der Waals surface area contributed by atoms with Gasteiger partial charge in [0.05, 0.1) is 6.54 Å². The molecule has 0 fully saturated rings. The lowest BCUT2D eigenvalue weighted by Gasteiger charge is -2.14. The molecule has 1 aliphatic heterocycles. The lowest BCUT2D eigenvalue weighted by atomic mass is 10.1. The van der Waals surface area contributed by atoms with E-state index in [1.165, 1.54) is 16.7 Å². The van der Waals surface area contributed by atoms with Crippen LogP contribution < -0.4 is 10.1 Å². The summed E-state index contributed by atoms with van der Waals surface area (Å²) in [6.45, 7) is 3.31. The van der Waals surface area contributed by atoms with E-state index in [9.17, 15) is 0 Å². The van der Waals surface area contributed by atoms with Crippen molar-refractivity contribution in [1.82, 2.24) is 15.5 Å². The SMILES string of the molecule is Cc1ccccc1Cc1noc(CNC2CCc3ccccc3OC2)n1. The Morgan fingerprint density at radius 3 is 2.88 bits per heavy atom. The molecule has 0 bridgehead atoms. The highest BCUT2D eigenvalue weighted by Crippen LogP contribution is 2.23. The molecule has 0 amide bonds. The predicted molar refractivity (Wildman–Crippen MR) is 99.2 cm³/mol. The first-order valence-electron chi connectivity index (χ1n) is 9.08. The van der Waals surface area contributed by atoms with E-state index >= 15 is 0 Å². The van der Waals surface area contributed by atoms with Gasteiger partial charge < -0.3 is 14.6 Å². The first kappa shape index (κ1) is 16.8. The molecule has 0 spiro atoms. The minimum atomic E-state index is 0.272. The molecule has 1 aromatic heterocycles. The van der Waals surface area contributed by atoms with E-state index in [2.05, 4.69) is 46.6 Å². The van der Waals surface area contributed by atoms with Crippen LogP contribution in [0.15, 0.2) is 53.1 Å². The van der Waals surface area contributed by atoms with Crippen LogP contribution in [-0.2, 0) is 19.4 Å². The number of hydrogen-bond acceptors (Lipinski definition) is 5. The average molecular weight is 349 g/mol. The van der Waals surface area contributed by atoms with Crippen LogP contribution in [0.5, 0.6) is 5.75 Å². The van der Waals surface area contributed by atoms with Crippen molar-refractivity contribution in [3.63, 3.8) is 0 Å². The highest BCUT2D eigenvalue weighted by atomic mass is 16.5. The minimum absolute atomic E-state index is 0.272. The van der Waals surface area contributed by atoms with Gasteiger partial charge in [-0.1, -0.05) is 47.6 Å². The maximum atomic E-state index is 5.92. The third kappa shape index (κ3) is 3.94. The quantitative estimate of drug-likeness (QED) is 0.764. The number of aryl methyl sites for hydroxylation is 2. The van der Waals surface area contributed by atoms with Crippen molar-refractivity contribution in [2.24, 2.45) is 0 Å². The maximum absolute atomic E-state index is 5.92. The van der Waals surface area contributed by atoms with Crippen LogP contribution in [0, 0.1) is 6.92 Å². The van der Waals surface area contributed by atoms with Crippen molar-refractivity contribution in [2.45, 2.75) is 38.8 Å². The monoisotopic (exact) mass is 349 g/mol. The normalized spacial score (nSPS) is 16.6. The molecule has 1 atom stereocenters. The van der Waals surface area contributed by atoms with Gasteiger partial charge in [-0.25, -0.2) is 0 Å². The fourth-order valence-electron chi connectivity index (χ4n) is 3.26. The van der Waals surface area contributed by atoms with Gasteiger partial charge in [0.2, 0.25) is 5.89 Å². The van der Waals surface area contributed by atoms with Gasteiger partial charge in [-0.05, 0) is 42.5 Å². The van der Waals surface area contributed by atoms with Gasteiger partial charge in [-0.15, -0.1) is 0 Å². The highest BCUT2D eigenvalue weighted by molar-refractivity contribution is 5.34. The lowest BCUT2D eigenvalue weighted by Crippen LogP contribution is -2.33. The Morgan fingerprint density at radius 1 is 1.12 bits per heavy atom. The van der Waals surface area contributed by atoms with Crippen LogP contribution in [0.1, 0.15) is 34.8 Å². The highest BCUT2D eigenvalue weighted by Gasteiger charge is 2.17. The largest absolute Gasteiger partial charge is 0.492 e. The van der Waals surface area contributed by atoms with Crippen molar-refractivity contribution in [2.75, 3.05) is 6.61 Å². The van der Waals surface area contributed by atoms with Crippen LogP contribution in [0.25, 0.3) is 0 Å². The second kappa shape index (κ2) is 7.70. The van der Waals surface area contributed by atoms with Crippen LogP contribution in [0.4, 0.5) is 0 Å². The number of para-hydroxylation sites is 1. The van der Waals surface area contributed by atoms with E-state index in [1.807, 2.05) is 24.3 Å². The van der Waals surface area contributed by atoms with Crippen LogP contribution >= 0.6 is 0 Å². The summed E-state index contributed by atoms with van der Waals surface area (Å²) in [5, 5.41) is 7.59. The van der Waals surface area contributed by atoms with Gasteiger partial charge >= 0.3 is 0 Å². The summed E-state index contributed by atoms with van der Waals surface area (Å²) in [5.74, 6) is 2.34. The smallest absolute Gasteiger partial charge is 0.240 e. The summed E-state index contributed by atoms with van der Waals surface area (Å²) in [6, 6.07) is 16.8. The number of hydrogen-bond donors (Lipinski definition) is 1. The van der Waals surface area contributed by atoms with E-state index < -0.39 is 0 Å². The molecular weight excluding hydrogens is 326 g/mol. The van der Waals surface area contributed by atoms with E-state index in [4.69, 9.17) is 9.26 Å². The zero-order valence-corrected chi connectivity index (χ0v) is 14.9. The molecule has 0 aliphatic carbocycles. The van der Waals surface area contributed by atoms with Gasteiger partial charge in [0, 0.05) is 12.5 Å². The molecule has 1 aliphatic rings. The summed E-state index contributed by atoms with van der Waals surface area (Å²) in [6.07, 6.45) is 2.73. The minimum Gasteiger partial charge on any atom is -0.492 e. The predicted octanol–water partition coefficient (Wildman–Crippen LogP) is 3.45. The third-order valence-corrected chi connectivity index (χ3v) is 4.84. The molecule has 26 heavy (non-hydrogen) atoms. The van der Waals surface area contributed by atoms with Crippen LogP contribution in [0.2, 0.25) is 0 Å². The molecule has 0 radical (unpaired) electrons. The van der Waals surface area contributed by atoms with Crippen molar-refractivity contribution in [1.29, 1.82) is 0 Å². The molecule has 2 heterocycles. The zero-order valence-electron chi connectivity index (χ0n) is 14.9. The molecule has 5 heteroatoms. The van der Waals surface area contributed by atoms with E-state index in [1.54, 1.807) is 0 Å². The van der Waals surface area contributed by atoms with Crippen molar-refractivity contribution in [3.05, 3.63) is 76.9 Å². The molecule has 1 unspecified atom stereocenters. The zero-order chi connectivity index (χ0) is 17.8. The van der Waals surface area contributed by atoms with Crippen LogP contribution in [0.3, 0.4) is 0 Å². The Kier molecular flexibility index (Phi) is 4.97. The Morgan fingerprint density at radius 2 is 1.96 bits per heavy atom. The number of benzene rings is 2. The Balaban J connectivity index is 1.32. The van der Waals surface area contributed by atoms with Gasteiger partial charge in [-0.3, -0.25) is 0 Å². The molecule has 0 saturated heterocycles. The summed E-state index contributed by atoms with van der Waals surface area (Å²) >= 11 is 0. The fraction of sp³-hybridized carbons (Fsp3) is 0.333. The van der Waals surface area contributed by atoms with Gasteiger partial charge in [0.1, 0.15) is 12.4 Å². The molecular formula is C21H23N3O2. The number of fused-ring (bicyclic) bond motifs is 1. The van der Waals surface area contributed by atoms with Gasteiger partial charge in [0.25, 0.3) is 0 Å². The van der Waals surface area contributed by atoms with Crippen molar-refractivity contribution in [3.8, 4) is 5.75 Å². The molecule has 5 nitrogen and oxygen atoms in total. The van der Waals surface area contributed by atoms with Gasteiger partial charge in [-0.2, -0.15) is 4.98 Å². The molecule has 3 aromatic rings. The summed E-state index contributed by atoms with van der Waals surface area (Å²) in [5.41, 5.74) is 3.74. The Labute approximate surface area is 153 Å². The van der Waals surface area contributed by atoms with E-state index in [0.29, 0.717) is 25.5 Å². The second-order valence-corrected chi connectivity index (χ2v) is 6.74. The topological polar surface area (TPSA) is 60.2 Å².